The van der Waals surface area contributed by atoms with Crippen molar-refractivity contribution in [2.24, 2.45) is 0 Å². The SMILES string of the molecule is O=C(Cn1ccc([N+](=O)[O-])n1)NC1CC(O)C1. The fraction of sp³-hybridized carbons (Fsp3) is 0.556. The second-order valence-electron chi connectivity index (χ2n) is 4.02. The van der Waals surface area contributed by atoms with Crippen molar-refractivity contribution in [3.8, 4) is 0 Å². The number of rotatable bonds is 4. The molecule has 0 spiro atoms. The van der Waals surface area contributed by atoms with Crippen molar-refractivity contribution in [3.63, 3.8) is 0 Å². The summed E-state index contributed by atoms with van der Waals surface area (Å²) >= 11 is 0. The van der Waals surface area contributed by atoms with Gasteiger partial charge in [0, 0.05) is 6.04 Å². The molecule has 1 fully saturated rings. The molecule has 1 amide bonds. The van der Waals surface area contributed by atoms with Gasteiger partial charge in [0.15, 0.2) is 0 Å². The molecule has 1 aromatic heterocycles. The Kier molecular flexibility index (Phi) is 3.05. The Bertz CT molecular complexity index is 438. The Labute approximate surface area is 96.4 Å². The summed E-state index contributed by atoms with van der Waals surface area (Å²) < 4.78 is 1.21. The zero-order valence-corrected chi connectivity index (χ0v) is 8.94. The standard InChI is InChI=1S/C9H12N4O4/c14-7-3-6(4-7)10-9(15)5-12-2-1-8(11-12)13(16)17/h1-2,6-7,14H,3-5H2,(H,10,15). The largest absolute Gasteiger partial charge is 0.393 e. The smallest absolute Gasteiger partial charge is 0.389 e. The summed E-state index contributed by atoms with van der Waals surface area (Å²) in [5.41, 5.74) is 0. The molecular weight excluding hydrogens is 228 g/mol. The van der Waals surface area contributed by atoms with E-state index < -0.39 is 4.92 Å². The molecule has 1 saturated carbocycles. The number of nitrogens with one attached hydrogen (secondary N) is 1. The van der Waals surface area contributed by atoms with Crippen molar-refractivity contribution in [1.29, 1.82) is 0 Å². The number of carbonyl (C=O) groups is 1. The maximum atomic E-state index is 11.5. The molecule has 0 saturated heterocycles. The average Bonchev–Trinajstić information content (AvgIpc) is 2.63. The van der Waals surface area contributed by atoms with Gasteiger partial charge in [0.05, 0.1) is 23.5 Å². The van der Waals surface area contributed by atoms with Crippen LogP contribution in [0.2, 0.25) is 0 Å². The summed E-state index contributed by atoms with van der Waals surface area (Å²) in [5, 5.41) is 25.7. The van der Waals surface area contributed by atoms with Crippen LogP contribution in [0.4, 0.5) is 5.82 Å². The normalized spacial score (nSPS) is 22.9. The number of hydrogen-bond acceptors (Lipinski definition) is 5. The van der Waals surface area contributed by atoms with E-state index in [4.69, 9.17) is 5.11 Å². The monoisotopic (exact) mass is 240 g/mol. The minimum Gasteiger partial charge on any atom is -0.393 e. The molecule has 8 heteroatoms. The van der Waals surface area contributed by atoms with Gasteiger partial charge < -0.3 is 20.5 Å². The van der Waals surface area contributed by atoms with Crippen LogP contribution in [0.3, 0.4) is 0 Å². The molecule has 0 atom stereocenters. The van der Waals surface area contributed by atoms with Crippen molar-refractivity contribution in [3.05, 3.63) is 22.4 Å². The lowest BCUT2D eigenvalue weighted by atomic mass is 9.89. The molecule has 0 radical (unpaired) electrons. The van der Waals surface area contributed by atoms with Crippen LogP contribution < -0.4 is 5.32 Å². The zero-order valence-electron chi connectivity index (χ0n) is 8.94. The van der Waals surface area contributed by atoms with E-state index >= 15 is 0 Å². The summed E-state index contributed by atoms with van der Waals surface area (Å²) in [4.78, 5) is 21.2. The molecular formula is C9H12N4O4. The molecule has 1 aliphatic carbocycles. The Balaban J connectivity index is 1.83. The van der Waals surface area contributed by atoms with E-state index in [1.54, 1.807) is 0 Å². The van der Waals surface area contributed by atoms with Crippen LogP contribution >= 0.6 is 0 Å². The number of nitrogens with zero attached hydrogens (tertiary/aromatic N) is 3. The first-order chi connectivity index (χ1) is 8.04. The molecule has 17 heavy (non-hydrogen) atoms. The van der Waals surface area contributed by atoms with Crippen LogP contribution in [0.15, 0.2) is 12.3 Å². The quantitative estimate of drug-likeness (QED) is 0.541. The zero-order chi connectivity index (χ0) is 12.4. The highest BCUT2D eigenvalue weighted by atomic mass is 16.6. The molecule has 0 aromatic carbocycles. The summed E-state index contributed by atoms with van der Waals surface area (Å²) in [7, 11) is 0. The van der Waals surface area contributed by atoms with Gasteiger partial charge >= 0.3 is 5.82 Å². The van der Waals surface area contributed by atoms with Gasteiger partial charge in [-0.3, -0.25) is 4.79 Å². The lowest BCUT2D eigenvalue weighted by molar-refractivity contribution is -0.389. The third kappa shape index (κ3) is 2.78. The van der Waals surface area contributed by atoms with Gasteiger partial charge in [0.2, 0.25) is 5.91 Å². The highest BCUT2D eigenvalue weighted by molar-refractivity contribution is 5.76. The van der Waals surface area contributed by atoms with Crippen molar-refractivity contribution < 1.29 is 14.8 Å². The predicted octanol–water partition coefficient (Wildman–Crippen LogP) is -0.569. The second kappa shape index (κ2) is 4.50. The minimum atomic E-state index is -0.614. The summed E-state index contributed by atoms with van der Waals surface area (Å²) in [6, 6.07) is 1.24. The van der Waals surface area contributed by atoms with E-state index in [9.17, 15) is 14.9 Å². The predicted molar refractivity (Wildman–Crippen MR) is 56.1 cm³/mol. The Morgan fingerprint density at radius 1 is 1.71 bits per heavy atom. The van der Waals surface area contributed by atoms with Gasteiger partial charge in [-0.05, 0) is 17.8 Å². The van der Waals surface area contributed by atoms with Crippen LogP contribution in [0.1, 0.15) is 12.8 Å². The molecule has 0 aliphatic heterocycles. The molecule has 2 rings (SSSR count). The summed E-state index contributed by atoms with van der Waals surface area (Å²) in [5.74, 6) is -0.545. The van der Waals surface area contributed by atoms with Gasteiger partial charge in [0.1, 0.15) is 6.54 Å². The van der Waals surface area contributed by atoms with Gasteiger partial charge in [-0.25, -0.2) is 0 Å². The highest BCUT2D eigenvalue weighted by Crippen LogP contribution is 2.19. The van der Waals surface area contributed by atoms with Crippen LogP contribution in [0.5, 0.6) is 0 Å². The third-order valence-electron chi connectivity index (χ3n) is 2.60. The number of aromatic nitrogens is 2. The van der Waals surface area contributed by atoms with E-state index in [-0.39, 0.29) is 30.4 Å². The fourth-order valence-electron chi connectivity index (χ4n) is 1.66. The fourth-order valence-corrected chi connectivity index (χ4v) is 1.66. The average molecular weight is 240 g/mol. The van der Waals surface area contributed by atoms with Crippen LogP contribution in [0, 0.1) is 10.1 Å². The van der Waals surface area contributed by atoms with E-state index in [1.807, 2.05) is 0 Å². The van der Waals surface area contributed by atoms with Crippen LogP contribution in [0.25, 0.3) is 0 Å². The number of amides is 1. The lowest BCUT2D eigenvalue weighted by Gasteiger charge is -2.31. The van der Waals surface area contributed by atoms with E-state index in [1.165, 1.54) is 16.9 Å². The van der Waals surface area contributed by atoms with Crippen molar-refractivity contribution >= 4 is 11.7 Å². The maximum absolute atomic E-state index is 11.5. The molecule has 0 bridgehead atoms. The van der Waals surface area contributed by atoms with Crippen LogP contribution in [-0.2, 0) is 11.3 Å². The second-order valence-corrected chi connectivity index (χ2v) is 4.02. The van der Waals surface area contributed by atoms with Gasteiger partial charge in [-0.15, -0.1) is 0 Å². The first-order valence-electron chi connectivity index (χ1n) is 5.20. The Morgan fingerprint density at radius 2 is 2.41 bits per heavy atom. The summed E-state index contributed by atoms with van der Waals surface area (Å²) in [6.07, 6.45) is 2.18. The molecule has 1 aliphatic rings. The van der Waals surface area contributed by atoms with Crippen molar-refractivity contribution in [2.45, 2.75) is 31.5 Å². The van der Waals surface area contributed by atoms with Crippen molar-refractivity contribution in [1.82, 2.24) is 15.1 Å². The number of aliphatic hydroxyl groups excluding tert-OH is 1. The van der Waals surface area contributed by atoms with Gasteiger partial charge in [0.25, 0.3) is 0 Å². The lowest BCUT2D eigenvalue weighted by Crippen LogP contribution is -2.47. The topological polar surface area (TPSA) is 110 Å². The summed E-state index contributed by atoms with van der Waals surface area (Å²) in [6.45, 7) is -0.0551. The molecule has 0 unspecified atom stereocenters. The number of nitro groups is 1. The Morgan fingerprint density at radius 3 is 2.94 bits per heavy atom. The first-order valence-corrected chi connectivity index (χ1v) is 5.20. The highest BCUT2D eigenvalue weighted by Gasteiger charge is 2.28. The minimum absolute atomic E-state index is 0.00282. The number of carbonyl (C=O) groups excluding carboxylic acids is 1. The third-order valence-corrected chi connectivity index (χ3v) is 2.60. The number of aliphatic hydroxyl groups is 1. The Hall–Kier alpha value is -1.96. The van der Waals surface area contributed by atoms with Gasteiger partial charge in [-0.1, -0.05) is 0 Å². The van der Waals surface area contributed by atoms with Gasteiger partial charge in [-0.2, -0.15) is 4.68 Å². The molecule has 2 N–H and O–H groups in total. The van der Waals surface area contributed by atoms with E-state index in [2.05, 4.69) is 10.4 Å². The number of hydrogen-bond donors (Lipinski definition) is 2. The molecule has 1 aromatic rings. The first kappa shape index (κ1) is 11.5. The van der Waals surface area contributed by atoms with Crippen molar-refractivity contribution in [2.75, 3.05) is 0 Å². The maximum Gasteiger partial charge on any atom is 0.389 e. The van der Waals surface area contributed by atoms with E-state index in [0.717, 1.165) is 0 Å². The van der Waals surface area contributed by atoms with Crippen LogP contribution in [-0.4, -0.2) is 37.9 Å². The van der Waals surface area contributed by atoms with E-state index in [0.29, 0.717) is 12.8 Å². The molecule has 92 valence electrons. The molecule has 1 heterocycles. The molecule has 8 nitrogen and oxygen atoms in total.